The number of aromatic nitrogens is 1. The third kappa shape index (κ3) is 6.27. The van der Waals surface area contributed by atoms with Gasteiger partial charge in [-0.1, -0.05) is 41.4 Å². The minimum Gasteiger partial charge on any atom is -0.441 e. The van der Waals surface area contributed by atoms with Crippen molar-refractivity contribution >= 4 is 28.3 Å². The Morgan fingerprint density at radius 1 is 1.10 bits per heavy atom. The number of carbonyl (C=O) groups excluding carboxylic acids is 1. The molecule has 5 nitrogen and oxygen atoms in total. The van der Waals surface area contributed by atoms with Crippen molar-refractivity contribution in [2.45, 2.75) is 26.0 Å². The third-order valence-electron chi connectivity index (χ3n) is 4.43. The van der Waals surface area contributed by atoms with Crippen LogP contribution in [0.3, 0.4) is 0 Å². The second kappa shape index (κ2) is 9.85. The van der Waals surface area contributed by atoms with E-state index in [1.54, 1.807) is 19.1 Å². The van der Waals surface area contributed by atoms with Crippen LogP contribution in [0.2, 0.25) is 5.02 Å². The number of rotatable bonds is 8. The van der Waals surface area contributed by atoms with E-state index in [0.29, 0.717) is 28.9 Å². The first-order chi connectivity index (χ1) is 13.9. The standard InChI is InChI=1S/C22H23ClN2O3S/c1-15-3-5-17(6-4-15)11-12-24-21(26)14-29(27)13-20-16(2)28-22(25-20)18-7-9-19(23)10-8-18/h3-10H,11-14H2,1-2H3,(H,24,26)/t29-/m0/s1. The molecular formula is C22H23ClN2O3S. The van der Waals surface area contributed by atoms with Gasteiger partial charge in [0.1, 0.15) is 11.5 Å². The zero-order chi connectivity index (χ0) is 20.8. The molecule has 0 aliphatic heterocycles. The summed E-state index contributed by atoms with van der Waals surface area (Å²) in [6.07, 6.45) is 0.742. The third-order valence-corrected chi connectivity index (χ3v) is 5.86. The van der Waals surface area contributed by atoms with Crippen LogP contribution in [0.4, 0.5) is 0 Å². The van der Waals surface area contributed by atoms with Gasteiger partial charge in [0.15, 0.2) is 0 Å². The first kappa shape index (κ1) is 21.3. The Morgan fingerprint density at radius 2 is 1.79 bits per heavy atom. The van der Waals surface area contributed by atoms with Gasteiger partial charge in [-0.3, -0.25) is 9.00 Å². The van der Waals surface area contributed by atoms with E-state index in [9.17, 15) is 9.00 Å². The SMILES string of the molecule is Cc1ccc(CCNC(=O)C[S@@](=O)Cc2nc(-c3ccc(Cl)cc3)oc2C)cc1. The molecule has 0 aliphatic rings. The van der Waals surface area contributed by atoms with Crippen LogP contribution in [0.15, 0.2) is 52.9 Å². The molecule has 0 saturated carbocycles. The van der Waals surface area contributed by atoms with Crippen molar-refractivity contribution in [3.05, 3.63) is 76.1 Å². The fourth-order valence-electron chi connectivity index (χ4n) is 2.78. The summed E-state index contributed by atoms with van der Waals surface area (Å²) in [6.45, 7) is 4.33. The van der Waals surface area contributed by atoms with Gasteiger partial charge in [0.05, 0.1) is 11.4 Å². The molecule has 2 aromatic carbocycles. The topological polar surface area (TPSA) is 72.2 Å². The summed E-state index contributed by atoms with van der Waals surface area (Å²) in [7, 11) is -1.36. The van der Waals surface area contributed by atoms with Gasteiger partial charge in [0.2, 0.25) is 11.8 Å². The predicted octanol–water partition coefficient (Wildman–Crippen LogP) is 4.22. The summed E-state index contributed by atoms with van der Waals surface area (Å²) in [6, 6.07) is 15.3. The van der Waals surface area contributed by atoms with Gasteiger partial charge in [0.25, 0.3) is 0 Å². The largest absolute Gasteiger partial charge is 0.441 e. The normalized spacial score (nSPS) is 12.0. The van der Waals surface area contributed by atoms with Crippen molar-refractivity contribution in [2.24, 2.45) is 0 Å². The van der Waals surface area contributed by atoms with Gasteiger partial charge in [-0.05, 0) is 50.1 Å². The molecule has 0 aliphatic carbocycles. The van der Waals surface area contributed by atoms with Crippen LogP contribution >= 0.6 is 11.6 Å². The van der Waals surface area contributed by atoms with Crippen molar-refractivity contribution < 1.29 is 13.4 Å². The molecule has 1 N–H and O–H groups in total. The van der Waals surface area contributed by atoms with Crippen molar-refractivity contribution in [1.82, 2.24) is 10.3 Å². The maximum atomic E-state index is 12.4. The monoisotopic (exact) mass is 430 g/mol. The molecule has 7 heteroatoms. The van der Waals surface area contributed by atoms with Crippen LogP contribution in [0.25, 0.3) is 11.5 Å². The van der Waals surface area contributed by atoms with Crippen LogP contribution in [-0.4, -0.2) is 27.4 Å². The average Bonchev–Trinajstić information content (AvgIpc) is 3.04. The lowest BCUT2D eigenvalue weighted by Crippen LogP contribution is -2.30. The molecule has 0 radical (unpaired) electrons. The molecule has 1 aromatic heterocycles. The number of hydrogen-bond donors (Lipinski definition) is 1. The molecule has 3 rings (SSSR count). The van der Waals surface area contributed by atoms with Crippen molar-refractivity contribution in [3.63, 3.8) is 0 Å². The molecular weight excluding hydrogens is 408 g/mol. The zero-order valence-corrected chi connectivity index (χ0v) is 18.0. The minimum atomic E-state index is -1.36. The van der Waals surface area contributed by atoms with E-state index >= 15 is 0 Å². The maximum Gasteiger partial charge on any atom is 0.232 e. The van der Waals surface area contributed by atoms with E-state index in [0.717, 1.165) is 17.5 Å². The number of hydrogen-bond acceptors (Lipinski definition) is 4. The number of halogens is 1. The highest BCUT2D eigenvalue weighted by Gasteiger charge is 2.16. The number of benzene rings is 2. The van der Waals surface area contributed by atoms with Crippen molar-refractivity contribution in [1.29, 1.82) is 0 Å². The lowest BCUT2D eigenvalue weighted by molar-refractivity contribution is -0.118. The lowest BCUT2D eigenvalue weighted by atomic mass is 10.1. The van der Waals surface area contributed by atoms with Crippen molar-refractivity contribution in [2.75, 3.05) is 12.3 Å². The molecule has 1 atom stereocenters. The summed E-state index contributed by atoms with van der Waals surface area (Å²) in [5.41, 5.74) is 3.75. The molecule has 152 valence electrons. The van der Waals surface area contributed by atoms with Crippen LogP contribution in [-0.2, 0) is 27.8 Å². The summed E-state index contributed by atoms with van der Waals surface area (Å²) < 4.78 is 18.1. The predicted molar refractivity (Wildman–Crippen MR) is 116 cm³/mol. The van der Waals surface area contributed by atoms with Gasteiger partial charge >= 0.3 is 0 Å². The molecule has 29 heavy (non-hydrogen) atoms. The highest BCUT2D eigenvalue weighted by atomic mass is 35.5. The first-order valence-corrected chi connectivity index (χ1v) is 11.2. The van der Waals surface area contributed by atoms with E-state index in [4.69, 9.17) is 16.0 Å². The fraction of sp³-hybridized carbons (Fsp3) is 0.273. The van der Waals surface area contributed by atoms with Gasteiger partial charge in [0, 0.05) is 27.9 Å². The number of nitrogens with zero attached hydrogens (tertiary/aromatic N) is 1. The molecule has 1 heterocycles. The van der Waals surface area contributed by atoms with Gasteiger partial charge < -0.3 is 9.73 Å². The number of nitrogens with one attached hydrogen (secondary N) is 1. The highest BCUT2D eigenvalue weighted by Crippen LogP contribution is 2.24. The van der Waals surface area contributed by atoms with E-state index in [1.807, 2.05) is 43.3 Å². The maximum absolute atomic E-state index is 12.4. The summed E-state index contributed by atoms with van der Waals surface area (Å²) in [5.74, 6) is 0.941. The lowest BCUT2D eigenvalue weighted by Gasteiger charge is -2.05. The zero-order valence-electron chi connectivity index (χ0n) is 16.4. The minimum absolute atomic E-state index is 0.0591. The van der Waals surface area contributed by atoms with E-state index in [2.05, 4.69) is 10.3 Å². The molecule has 0 spiro atoms. The van der Waals surface area contributed by atoms with E-state index in [-0.39, 0.29) is 17.4 Å². The van der Waals surface area contributed by atoms with Gasteiger partial charge in [-0.25, -0.2) is 4.98 Å². The fourth-order valence-corrected chi connectivity index (χ4v) is 3.97. The number of oxazole rings is 1. The quantitative estimate of drug-likeness (QED) is 0.580. The molecule has 0 saturated heterocycles. The molecule has 0 fully saturated rings. The van der Waals surface area contributed by atoms with Gasteiger partial charge in [-0.2, -0.15) is 0 Å². The Morgan fingerprint density at radius 3 is 2.48 bits per heavy atom. The van der Waals surface area contributed by atoms with Crippen LogP contribution < -0.4 is 5.32 Å². The summed E-state index contributed by atoms with van der Waals surface area (Å²) in [5, 5.41) is 3.46. The number of aryl methyl sites for hydroxylation is 2. The number of amides is 1. The van der Waals surface area contributed by atoms with Crippen LogP contribution in [0.5, 0.6) is 0 Å². The Labute approximate surface area is 178 Å². The highest BCUT2D eigenvalue weighted by molar-refractivity contribution is 7.84. The van der Waals surface area contributed by atoms with E-state index < -0.39 is 10.8 Å². The molecule has 0 bridgehead atoms. The molecule has 0 unspecified atom stereocenters. The first-order valence-electron chi connectivity index (χ1n) is 9.30. The molecule has 3 aromatic rings. The van der Waals surface area contributed by atoms with Crippen LogP contribution in [0.1, 0.15) is 22.6 Å². The van der Waals surface area contributed by atoms with E-state index in [1.165, 1.54) is 5.56 Å². The Bertz CT molecular complexity index is 998. The Balaban J connectivity index is 1.49. The second-order valence-electron chi connectivity index (χ2n) is 6.84. The second-order valence-corrected chi connectivity index (χ2v) is 8.74. The van der Waals surface area contributed by atoms with Crippen molar-refractivity contribution in [3.8, 4) is 11.5 Å². The average molecular weight is 431 g/mol. The number of carbonyl (C=O) groups is 1. The van der Waals surface area contributed by atoms with Crippen LogP contribution in [0, 0.1) is 13.8 Å². The summed E-state index contributed by atoms with van der Waals surface area (Å²) in [4.78, 5) is 16.5. The Kier molecular flexibility index (Phi) is 7.23. The van der Waals surface area contributed by atoms with Gasteiger partial charge in [-0.15, -0.1) is 0 Å². The Hall–Kier alpha value is -2.44. The smallest absolute Gasteiger partial charge is 0.232 e. The summed E-state index contributed by atoms with van der Waals surface area (Å²) >= 11 is 5.90. The molecule has 1 amide bonds.